The molecule has 0 atom stereocenters. The molecule has 0 amide bonds. The third kappa shape index (κ3) is 3.34. The fraction of sp³-hybridized carbons (Fsp3) is 0. The van der Waals surface area contributed by atoms with Gasteiger partial charge in [-0.3, -0.25) is 0 Å². The van der Waals surface area contributed by atoms with Crippen molar-refractivity contribution < 1.29 is 0 Å². The Hall–Kier alpha value is -2.92. The Kier molecular flexibility index (Phi) is 4.84. The van der Waals surface area contributed by atoms with E-state index in [2.05, 4.69) is 15.7 Å². The molecule has 21 heavy (non-hydrogen) atoms. The molecule has 3 aromatic rings. The van der Waals surface area contributed by atoms with Gasteiger partial charge >= 0.3 is 0 Å². The van der Waals surface area contributed by atoms with Gasteiger partial charge in [0.25, 0.3) is 0 Å². The average Bonchev–Trinajstić information content (AvgIpc) is 3.16. The third-order valence-electron chi connectivity index (χ3n) is 2.40. The third-order valence-corrected chi connectivity index (χ3v) is 3.97. The van der Waals surface area contributed by atoms with Crippen LogP contribution in [0.3, 0.4) is 0 Å². The Balaban J connectivity index is 0.000000232. The first kappa shape index (κ1) is 14.5. The Bertz CT molecular complexity index is 867. The van der Waals surface area contributed by atoms with E-state index in [1.54, 1.807) is 11.3 Å². The number of hydrogen-bond donors (Lipinski definition) is 1. The molecule has 0 unspecified atom stereocenters. The van der Waals surface area contributed by atoms with Crippen LogP contribution < -0.4 is 5.73 Å². The zero-order valence-electron chi connectivity index (χ0n) is 10.6. The minimum absolute atomic E-state index is 0.762. The van der Waals surface area contributed by atoms with E-state index in [9.17, 15) is 0 Å². The highest BCUT2D eigenvalue weighted by Gasteiger charge is 2.11. The van der Waals surface area contributed by atoms with Crippen LogP contribution in [-0.4, -0.2) is 9.59 Å². The molecule has 1 aromatic carbocycles. The minimum atomic E-state index is 0.762. The van der Waals surface area contributed by atoms with Crippen LogP contribution in [0.1, 0.15) is 0 Å². The Morgan fingerprint density at radius 1 is 1.10 bits per heavy atom. The van der Waals surface area contributed by atoms with Crippen LogP contribution in [0.5, 0.6) is 0 Å². The van der Waals surface area contributed by atoms with Crippen molar-refractivity contribution in [1.82, 2.24) is 9.59 Å². The molecule has 0 bridgehead atoms. The molecule has 0 saturated carbocycles. The topological polar surface area (TPSA) is 99.4 Å². The lowest BCUT2D eigenvalue weighted by molar-refractivity contribution is 1.20. The smallest absolute Gasteiger partial charge is 0.153 e. The van der Waals surface area contributed by atoms with Crippen LogP contribution >= 0.6 is 22.9 Å². The van der Waals surface area contributed by atoms with Gasteiger partial charge in [-0.15, -0.1) is 16.4 Å². The molecule has 3 rings (SSSR count). The monoisotopic (exact) mass is 309 g/mol. The second-order valence-corrected chi connectivity index (χ2v) is 5.33. The molecule has 0 fully saturated rings. The molecule has 0 saturated heterocycles. The Labute approximate surface area is 129 Å². The molecule has 2 aromatic heterocycles. The predicted octanol–water partition coefficient (Wildman–Crippen LogP) is 3.04. The first-order chi connectivity index (χ1) is 10.3. The summed E-state index contributed by atoms with van der Waals surface area (Å²) in [5, 5.41) is 21.4. The molecule has 2 heterocycles. The minimum Gasteiger partial charge on any atom is -0.398 e. The number of nitriles is 2. The Morgan fingerprint density at radius 3 is 2.48 bits per heavy atom. The van der Waals surface area contributed by atoms with Gasteiger partial charge in [0.05, 0.1) is 4.70 Å². The van der Waals surface area contributed by atoms with E-state index in [1.807, 2.05) is 35.4 Å². The number of nitrogens with two attached hydrogens (primary N) is 1. The van der Waals surface area contributed by atoms with Gasteiger partial charge in [0.2, 0.25) is 0 Å². The van der Waals surface area contributed by atoms with Crippen LogP contribution in [0.15, 0.2) is 29.6 Å². The fourth-order valence-electron chi connectivity index (χ4n) is 1.60. The highest BCUT2D eigenvalue weighted by Crippen LogP contribution is 2.36. The van der Waals surface area contributed by atoms with Crippen molar-refractivity contribution in [2.24, 2.45) is 0 Å². The largest absolute Gasteiger partial charge is 0.398 e. The zero-order chi connectivity index (χ0) is 15.1. The van der Waals surface area contributed by atoms with Gasteiger partial charge in [-0.2, -0.15) is 10.5 Å². The van der Waals surface area contributed by atoms with Gasteiger partial charge in [0.1, 0.15) is 5.52 Å². The van der Waals surface area contributed by atoms with E-state index in [0.29, 0.717) is 0 Å². The van der Waals surface area contributed by atoms with Crippen LogP contribution in [0, 0.1) is 34.5 Å². The van der Waals surface area contributed by atoms with E-state index in [1.165, 1.54) is 23.7 Å². The lowest BCUT2D eigenvalue weighted by atomic mass is 10.1. The number of aromatic nitrogens is 2. The number of fused-ring (bicyclic) bond motifs is 1. The summed E-state index contributed by atoms with van der Waals surface area (Å²) in [5.41, 5.74) is 8.66. The van der Waals surface area contributed by atoms with Crippen LogP contribution in [0.25, 0.3) is 20.7 Å². The van der Waals surface area contributed by atoms with Crippen molar-refractivity contribution in [3.05, 3.63) is 29.6 Å². The van der Waals surface area contributed by atoms with Crippen LogP contribution in [0.4, 0.5) is 5.69 Å². The lowest BCUT2D eigenvalue weighted by Crippen LogP contribution is -1.89. The standard InChI is InChI=1S/C10H7N3S2.C4N2/c11-6-3-4-8-10(12-13-15-8)9(6)7-2-1-5-14-7;5-3-1-2-4-6/h1-5H,11H2;. The number of hydrogen-bond acceptors (Lipinski definition) is 7. The quantitative estimate of drug-likeness (QED) is 0.550. The molecular formula is C14H7N5S2. The zero-order valence-corrected chi connectivity index (χ0v) is 12.2. The number of nitrogen functional groups attached to an aromatic ring is 1. The molecule has 0 aliphatic rings. The second-order valence-electron chi connectivity index (χ2n) is 3.60. The summed E-state index contributed by atoms with van der Waals surface area (Å²) in [6.45, 7) is 0. The summed E-state index contributed by atoms with van der Waals surface area (Å²) < 4.78 is 5.03. The summed E-state index contributed by atoms with van der Waals surface area (Å²) in [5.74, 6) is 3.78. The van der Waals surface area contributed by atoms with E-state index < -0.39 is 0 Å². The van der Waals surface area contributed by atoms with Gasteiger partial charge in [0.15, 0.2) is 12.1 Å². The van der Waals surface area contributed by atoms with Crippen molar-refractivity contribution in [3.8, 4) is 34.4 Å². The highest BCUT2D eigenvalue weighted by atomic mass is 32.1. The fourth-order valence-corrected chi connectivity index (χ4v) is 2.96. The van der Waals surface area contributed by atoms with Crippen LogP contribution in [-0.2, 0) is 0 Å². The first-order valence-electron chi connectivity index (χ1n) is 5.60. The van der Waals surface area contributed by atoms with E-state index in [4.69, 9.17) is 16.3 Å². The number of rotatable bonds is 1. The molecule has 0 radical (unpaired) electrons. The van der Waals surface area contributed by atoms with Gasteiger partial charge in [-0.05, 0) is 35.1 Å². The highest BCUT2D eigenvalue weighted by molar-refractivity contribution is 7.14. The van der Waals surface area contributed by atoms with Gasteiger partial charge in [-0.1, -0.05) is 10.6 Å². The van der Waals surface area contributed by atoms with Gasteiger partial charge < -0.3 is 5.73 Å². The van der Waals surface area contributed by atoms with Crippen LogP contribution in [0.2, 0.25) is 0 Å². The van der Waals surface area contributed by atoms with Crippen molar-refractivity contribution in [2.45, 2.75) is 0 Å². The summed E-state index contributed by atoms with van der Waals surface area (Å²) >= 11 is 3.06. The molecule has 2 N–H and O–H groups in total. The molecule has 5 nitrogen and oxygen atoms in total. The van der Waals surface area contributed by atoms with Gasteiger partial charge in [0, 0.05) is 28.0 Å². The second kappa shape index (κ2) is 7.02. The maximum atomic E-state index is 7.62. The molecule has 7 heteroatoms. The van der Waals surface area contributed by atoms with Crippen molar-refractivity contribution in [2.75, 3.05) is 5.73 Å². The van der Waals surface area contributed by atoms with Crippen molar-refractivity contribution >= 4 is 38.8 Å². The van der Waals surface area contributed by atoms with E-state index >= 15 is 0 Å². The van der Waals surface area contributed by atoms with Crippen molar-refractivity contribution in [3.63, 3.8) is 0 Å². The average molecular weight is 309 g/mol. The summed E-state index contributed by atoms with van der Waals surface area (Å²) in [4.78, 5) is 1.14. The molecular weight excluding hydrogens is 302 g/mol. The van der Waals surface area contributed by atoms with E-state index in [0.717, 1.165) is 26.3 Å². The maximum absolute atomic E-state index is 7.62. The van der Waals surface area contributed by atoms with Crippen molar-refractivity contribution in [1.29, 1.82) is 10.5 Å². The molecule has 0 aliphatic carbocycles. The first-order valence-corrected chi connectivity index (χ1v) is 7.26. The normalized spacial score (nSPS) is 8.67. The summed E-state index contributed by atoms with van der Waals surface area (Å²) in [7, 11) is 0. The molecule has 0 aliphatic heterocycles. The van der Waals surface area contributed by atoms with E-state index in [-0.39, 0.29) is 0 Å². The summed E-state index contributed by atoms with van der Waals surface area (Å²) in [6, 6.07) is 10.9. The molecule has 100 valence electrons. The number of nitrogens with zero attached hydrogens (tertiary/aromatic N) is 4. The Morgan fingerprint density at radius 2 is 1.86 bits per heavy atom. The summed E-state index contributed by atoms with van der Waals surface area (Å²) in [6.07, 6.45) is 0. The number of anilines is 1. The maximum Gasteiger partial charge on any atom is 0.153 e. The predicted molar refractivity (Wildman–Crippen MR) is 84.1 cm³/mol. The van der Waals surface area contributed by atoms with Gasteiger partial charge in [-0.25, -0.2) is 0 Å². The number of benzene rings is 1. The molecule has 0 spiro atoms. The lowest BCUT2D eigenvalue weighted by Gasteiger charge is -2.02. The SMILES string of the molecule is N#CC#CC#N.Nc1ccc2snnc2c1-c1cccs1. The number of thiophene rings is 1.